The molecule has 0 aromatic heterocycles. The lowest BCUT2D eigenvalue weighted by Gasteiger charge is -2.25. The molecular formula is C24H21F3N2O2S. The molecule has 0 saturated carbocycles. The maximum atomic E-state index is 14.9. The van der Waals surface area contributed by atoms with Crippen molar-refractivity contribution in [2.45, 2.75) is 37.1 Å². The van der Waals surface area contributed by atoms with Gasteiger partial charge in [-0.25, -0.2) is 21.6 Å². The van der Waals surface area contributed by atoms with Crippen molar-refractivity contribution in [1.82, 2.24) is 4.72 Å². The molecule has 0 unspecified atom stereocenters. The average molecular weight is 459 g/mol. The number of rotatable bonds is 5. The second kappa shape index (κ2) is 8.78. The zero-order chi connectivity index (χ0) is 22.9. The van der Waals surface area contributed by atoms with Crippen LogP contribution in [0, 0.1) is 17.5 Å². The zero-order valence-corrected chi connectivity index (χ0v) is 18.1. The van der Waals surface area contributed by atoms with E-state index >= 15 is 0 Å². The van der Waals surface area contributed by atoms with Gasteiger partial charge in [-0.15, -0.1) is 0 Å². The molecule has 3 aromatic rings. The number of halogens is 3. The summed E-state index contributed by atoms with van der Waals surface area (Å²) in [5, 5.41) is 0. The molecule has 1 aliphatic heterocycles. The van der Waals surface area contributed by atoms with Crippen molar-refractivity contribution < 1.29 is 21.6 Å². The van der Waals surface area contributed by atoms with E-state index in [4.69, 9.17) is 0 Å². The van der Waals surface area contributed by atoms with Gasteiger partial charge in [0.05, 0.1) is 11.4 Å². The van der Waals surface area contributed by atoms with Crippen molar-refractivity contribution in [2.75, 3.05) is 0 Å². The smallest absolute Gasteiger partial charge is 0.263 e. The van der Waals surface area contributed by atoms with E-state index in [9.17, 15) is 21.6 Å². The van der Waals surface area contributed by atoms with Gasteiger partial charge in [-0.05, 0) is 71.0 Å². The molecule has 4 rings (SSSR count). The van der Waals surface area contributed by atoms with Gasteiger partial charge >= 0.3 is 0 Å². The van der Waals surface area contributed by atoms with Gasteiger partial charge in [0.2, 0.25) is 0 Å². The average Bonchev–Trinajstić information content (AvgIpc) is 2.73. The van der Waals surface area contributed by atoms with E-state index in [2.05, 4.69) is 9.71 Å². The standard InChI is InChI=1S/C24H21F3N2O2S/c1-15(11-16-5-7-18(25)8-6-16)24-20-13-23(28-14-17-3-2-4-19(26)12-17)29-32(30,31)22(20)10-9-21(24)27/h2-10,12,15H,11,13-14H2,1H3,(H,28,29)/t15-/m0/s1. The minimum atomic E-state index is -3.93. The van der Waals surface area contributed by atoms with Crippen molar-refractivity contribution in [3.8, 4) is 0 Å². The number of nitrogens with one attached hydrogen (secondary N) is 1. The van der Waals surface area contributed by atoms with Crippen LogP contribution in [-0.4, -0.2) is 14.3 Å². The number of hydrogen-bond acceptors (Lipinski definition) is 3. The highest BCUT2D eigenvalue weighted by Crippen LogP contribution is 2.33. The van der Waals surface area contributed by atoms with Crippen LogP contribution in [0.4, 0.5) is 13.2 Å². The maximum absolute atomic E-state index is 14.9. The fourth-order valence-corrected chi connectivity index (χ4v) is 5.29. The van der Waals surface area contributed by atoms with Gasteiger partial charge in [-0.3, -0.25) is 9.71 Å². The van der Waals surface area contributed by atoms with Gasteiger partial charge in [0.15, 0.2) is 0 Å². The summed E-state index contributed by atoms with van der Waals surface area (Å²) >= 11 is 0. The first-order valence-electron chi connectivity index (χ1n) is 10.1. The summed E-state index contributed by atoms with van der Waals surface area (Å²) in [5.41, 5.74) is 2.06. The molecule has 32 heavy (non-hydrogen) atoms. The lowest BCUT2D eigenvalue weighted by atomic mass is 9.88. The van der Waals surface area contributed by atoms with E-state index in [0.29, 0.717) is 23.1 Å². The number of nitrogens with zero attached hydrogens (tertiary/aromatic N) is 1. The number of hydrogen-bond donors (Lipinski definition) is 1. The molecule has 1 N–H and O–H groups in total. The summed E-state index contributed by atoms with van der Waals surface area (Å²) in [4.78, 5) is 4.33. The predicted octanol–water partition coefficient (Wildman–Crippen LogP) is 4.88. The third kappa shape index (κ3) is 4.70. The molecule has 0 spiro atoms. The number of fused-ring (bicyclic) bond motifs is 1. The first kappa shape index (κ1) is 22.1. The Hall–Kier alpha value is -3.13. The Labute approximate surface area is 184 Å². The predicted molar refractivity (Wildman–Crippen MR) is 116 cm³/mol. The quantitative estimate of drug-likeness (QED) is 0.592. The molecule has 1 atom stereocenters. The highest BCUT2D eigenvalue weighted by molar-refractivity contribution is 7.90. The van der Waals surface area contributed by atoms with E-state index in [-0.39, 0.29) is 35.4 Å². The summed E-state index contributed by atoms with van der Waals surface area (Å²) < 4.78 is 69.6. The highest BCUT2D eigenvalue weighted by atomic mass is 32.2. The summed E-state index contributed by atoms with van der Waals surface area (Å²) in [5.74, 6) is -1.45. The maximum Gasteiger partial charge on any atom is 0.263 e. The van der Waals surface area contributed by atoms with Crippen LogP contribution in [0.25, 0.3) is 0 Å². The third-order valence-electron chi connectivity index (χ3n) is 5.44. The lowest BCUT2D eigenvalue weighted by Crippen LogP contribution is -2.38. The van der Waals surface area contributed by atoms with Gasteiger partial charge in [0.1, 0.15) is 23.3 Å². The van der Waals surface area contributed by atoms with Gasteiger partial charge in [-0.2, -0.15) is 0 Å². The first-order chi connectivity index (χ1) is 15.2. The molecule has 1 heterocycles. The van der Waals surface area contributed by atoms with Crippen molar-refractivity contribution in [3.05, 3.63) is 100 Å². The van der Waals surface area contributed by atoms with Crippen LogP contribution in [0.3, 0.4) is 0 Å². The number of aliphatic imine (C=N–C) groups is 1. The second-order valence-corrected chi connectivity index (χ2v) is 9.50. The molecule has 0 bridgehead atoms. The SMILES string of the molecule is C[C@@H](Cc1ccc(F)cc1)c1c(F)ccc2c1CC(=NCc1cccc(F)c1)NS2(=O)=O. The van der Waals surface area contributed by atoms with Gasteiger partial charge in [-0.1, -0.05) is 31.2 Å². The second-order valence-electron chi connectivity index (χ2n) is 7.84. The summed E-state index contributed by atoms with van der Waals surface area (Å²) in [6, 6.07) is 14.2. The number of amidine groups is 1. The summed E-state index contributed by atoms with van der Waals surface area (Å²) in [7, 11) is -3.93. The molecule has 0 amide bonds. The molecule has 0 aliphatic carbocycles. The minimum absolute atomic E-state index is 0.0181. The largest absolute Gasteiger partial charge is 0.267 e. The van der Waals surface area contributed by atoms with E-state index in [1.807, 2.05) is 0 Å². The van der Waals surface area contributed by atoms with Crippen molar-refractivity contribution in [3.63, 3.8) is 0 Å². The van der Waals surface area contributed by atoms with Crippen LogP contribution < -0.4 is 4.72 Å². The summed E-state index contributed by atoms with van der Waals surface area (Å²) in [6.07, 6.45) is 0.516. The molecule has 0 fully saturated rings. The van der Waals surface area contributed by atoms with Crippen molar-refractivity contribution >= 4 is 15.9 Å². The first-order valence-corrected chi connectivity index (χ1v) is 11.6. The van der Waals surface area contributed by atoms with Gasteiger partial charge < -0.3 is 0 Å². The van der Waals surface area contributed by atoms with Gasteiger partial charge in [0.25, 0.3) is 10.0 Å². The fourth-order valence-electron chi connectivity index (χ4n) is 3.98. The summed E-state index contributed by atoms with van der Waals surface area (Å²) in [6.45, 7) is 1.89. The molecule has 0 saturated heterocycles. The number of sulfonamides is 1. The minimum Gasteiger partial charge on any atom is -0.267 e. The van der Waals surface area contributed by atoms with Crippen LogP contribution in [0.15, 0.2) is 70.6 Å². The normalized spacial score (nSPS) is 16.9. The molecule has 166 valence electrons. The molecule has 1 aliphatic rings. The molecule has 8 heteroatoms. The van der Waals surface area contributed by atoms with Crippen molar-refractivity contribution in [2.24, 2.45) is 4.99 Å². The molecule has 3 aromatic carbocycles. The Morgan fingerprint density at radius 2 is 1.72 bits per heavy atom. The van der Waals surface area contributed by atoms with E-state index in [1.165, 1.54) is 30.3 Å². The molecule has 4 nitrogen and oxygen atoms in total. The Kier molecular flexibility index (Phi) is 6.06. The molecular weight excluding hydrogens is 437 g/mol. The third-order valence-corrected chi connectivity index (χ3v) is 6.90. The van der Waals surface area contributed by atoms with Crippen LogP contribution in [0.1, 0.15) is 35.1 Å². The monoisotopic (exact) mass is 458 g/mol. The van der Waals surface area contributed by atoms with Crippen LogP contribution in [-0.2, 0) is 29.4 Å². The number of benzene rings is 3. The Morgan fingerprint density at radius 1 is 0.969 bits per heavy atom. The van der Waals surface area contributed by atoms with E-state index in [1.54, 1.807) is 31.2 Å². The zero-order valence-electron chi connectivity index (χ0n) is 17.3. The van der Waals surface area contributed by atoms with E-state index in [0.717, 1.165) is 11.6 Å². The molecule has 0 radical (unpaired) electrons. The van der Waals surface area contributed by atoms with Gasteiger partial charge in [0, 0.05) is 6.42 Å². The Bertz CT molecular complexity index is 1290. The lowest BCUT2D eigenvalue weighted by molar-refractivity contribution is 0.571. The van der Waals surface area contributed by atoms with Crippen molar-refractivity contribution in [1.29, 1.82) is 0 Å². The van der Waals surface area contributed by atoms with Crippen LogP contribution in [0.2, 0.25) is 0 Å². The Morgan fingerprint density at radius 3 is 2.44 bits per heavy atom. The highest BCUT2D eigenvalue weighted by Gasteiger charge is 2.31. The fraction of sp³-hybridized carbons (Fsp3) is 0.208. The Balaban J connectivity index is 1.68. The van der Waals surface area contributed by atoms with Crippen LogP contribution in [0.5, 0.6) is 0 Å². The van der Waals surface area contributed by atoms with Crippen LogP contribution >= 0.6 is 0 Å². The van der Waals surface area contributed by atoms with E-state index < -0.39 is 21.7 Å². The topological polar surface area (TPSA) is 58.5 Å².